The molecule has 1 fully saturated rings. The minimum atomic E-state index is -0.575. The van der Waals surface area contributed by atoms with Gasteiger partial charge in [0, 0.05) is 17.8 Å². The summed E-state index contributed by atoms with van der Waals surface area (Å²) in [5.41, 5.74) is 2.94. The molecule has 1 aliphatic heterocycles. The number of ether oxygens (including phenoxy) is 2. The van der Waals surface area contributed by atoms with Gasteiger partial charge in [-0.1, -0.05) is 23.8 Å². The van der Waals surface area contributed by atoms with Gasteiger partial charge in [-0.05, 0) is 67.9 Å². The molecule has 0 bridgehead atoms. The predicted octanol–water partition coefficient (Wildman–Crippen LogP) is 5.47. The summed E-state index contributed by atoms with van der Waals surface area (Å²) in [6, 6.07) is 13.1. The number of carbonyl (C=O) groups excluding carboxylic acids is 3. The zero-order chi connectivity index (χ0) is 28.1. The third kappa shape index (κ3) is 6.60. The van der Waals surface area contributed by atoms with Crippen molar-refractivity contribution >= 4 is 46.3 Å². The van der Waals surface area contributed by atoms with E-state index in [4.69, 9.17) is 9.47 Å². The van der Waals surface area contributed by atoms with Gasteiger partial charge in [-0.2, -0.15) is 0 Å². The average molecular weight is 549 g/mol. The van der Waals surface area contributed by atoms with Crippen LogP contribution in [-0.4, -0.2) is 45.0 Å². The first-order valence-corrected chi connectivity index (χ1v) is 12.6. The summed E-state index contributed by atoms with van der Waals surface area (Å²) in [5, 5.41) is 13.0. The fraction of sp³-hybridized carbons (Fsp3) is 0.185. The summed E-state index contributed by atoms with van der Waals surface area (Å²) < 4.78 is 11.4. The lowest BCUT2D eigenvalue weighted by Gasteiger charge is -2.14. The van der Waals surface area contributed by atoms with Crippen molar-refractivity contribution in [3.8, 4) is 17.4 Å². The molecule has 0 spiro atoms. The first-order chi connectivity index (χ1) is 18.6. The van der Waals surface area contributed by atoms with Crippen LogP contribution in [-0.2, 0) is 9.59 Å². The number of nitro groups is 1. The molecule has 1 aromatic heterocycles. The minimum absolute atomic E-state index is 0.134. The van der Waals surface area contributed by atoms with Crippen molar-refractivity contribution in [3.05, 3.63) is 86.4 Å². The van der Waals surface area contributed by atoms with Crippen molar-refractivity contribution in [1.29, 1.82) is 0 Å². The minimum Gasteiger partial charge on any atom is -0.490 e. The molecule has 3 aromatic rings. The number of hydrogen-bond acceptors (Lipinski definition) is 9. The summed E-state index contributed by atoms with van der Waals surface area (Å²) in [6.45, 7) is 5.50. The van der Waals surface area contributed by atoms with Gasteiger partial charge < -0.3 is 14.8 Å². The van der Waals surface area contributed by atoms with Gasteiger partial charge in [0.05, 0.1) is 16.4 Å². The number of nitrogens with one attached hydrogen (secondary N) is 1. The largest absolute Gasteiger partial charge is 0.490 e. The molecule has 1 saturated heterocycles. The lowest BCUT2D eigenvalue weighted by Crippen LogP contribution is -2.36. The van der Waals surface area contributed by atoms with E-state index in [0.717, 1.165) is 34.0 Å². The number of pyridine rings is 1. The summed E-state index contributed by atoms with van der Waals surface area (Å²) in [7, 11) is 0. The van der Waals surface area contributed by atoms with Gasteiger partial charge in [0.15, 0.2) is 11.5 Å². The first kappa shape index (κ1) is 27.3. The molecule has 4 rings (SSSR count). The second kappa shape index (κ2) is 11.8. The van der Waals surface area contributed by atoms with Crippen LogP contribution in [0, 0.1) is 24.0 Å². The van der Waals surface area contributed by atoms with Crippen molar-refractivity contribution < 1.29 is 28.8 Å². The van der Waals surface area contributed by atoms with Crippen molar-refractivity contribution in [1.82, 2.24) is 9.88 Å². The van der Waals surface area contributed by atoms with Crippen LogP contribution in [0.4, 0.5) is 16.2 Å². The van der Waals surface area contributed by atoms with Crippen LogP contribution < -0.4 is 14.8 Å². The van der Waals surface area contributed by atoms with E-state index in [9.17, 15) is 24.5 Å². The van der Waals surface area contributed by atoms with E-state index in [2.05, 4.69) is 10.3 Å². The molecule has 1 N–H and O–H groups in total. The normalized spacial score (nSPS) is 14.0. The SMILES string of the molecule is CCOc1cc(/C=C2\SC(=O)N(CC(=O)Nc3ccc(C)cc3C)C2=O)ccc1Oc1ccc([N+](=O)[O-])cn1. The number of amides is 3. The van der Waals surface area contributed by atoms with Crippen LogP contribution >= 0.6 is 11.8 Å². The van der Waals surface area contributed by atoms with Gasteiger partial charge in [0.25, 0.3) is 16.8 Å². The molecule has 0 saturated carbocycles. The summed E-state index contributed by atoms with van der Waals surface area (Å²) in [6.07, 6.45) is 2.62. The van der Waals surface area contributed by atoms with Crippen LogP contribution in [0.25, 0.3) is 6.08 Å². The highest BCUT2D eigenvalue weighted by molar-refractivity contribution is 8.18. The van der Waals surface area contributed by atoms with Crippen molar-refractivity contribution in [2.75, 3.05) is 18.5 Å². The van der Waals surface area contributed by atoms with Crippen LogP contribution in [0.1, 0.15) is 23.6 Å². The van der Waals surface area contributed by atoms with Gasteiger partial charge in [-0.25, -0.2) is 4.98 Å². The Balaban J connectivity index is 1.47. The van der Waals surface area contributed by atoms with Gasteiger partial charge in [0.1, 0.15) is 12.7 Å². The maximum Gasteiger partial charge on any atom is 0.294 e. The van der Waals surface area contributed by atoms with Crippen molar-refractivity contribution in [2.45, 2.75) is 20.8 Å². The zero-order valence-electron chi connectivity index (χ0n) is 21.3. The molecule has 0 atom stereocenters. The van der Waals surface area contributed by atoms with Gasteiger partial charge >= 0.3 is 0 Å². The molecule has 2 heterocycles. The van der Waals surface area contributed by atoms with Crippen molar-refractivity contribution in [3.63, 3.8) is 0 Å². The third-order valence-corrected chi connectivity index (χ3v) is 6.45. The van der Waals surface area contributed by atoms with E-state index >= 15 is 0 Å². The van der Waals surface area contributed by atoms with E-state index in [0.29, 0.717) is 29.4 Å². The number of aryl methyl sites for hydroxylation is 2. The molecule has 39 heavy (non-hydrogen) atoms. The standard InChI is InChI=1S/C27H24N4O7S/c1-4-37-22-12-18(6-9-21(22)38-25-10-7-19(14-28-25)31(35)36)13-23-26(33)30(27(34)39-23)15-24(32)29-20-8-5-16(2)11-17(20)3/h5-14H,4,15H2,1-3H3,(H,29,32)/b23-13-. The summed E-state index contributed by atoms with van der Waals surface area (Å²) in [5.74, 6) is -0.265. The number of imide groups is 1. The quantitative estimate of drug-likeness (QED) is 0.209. The Labute approximate surface area is 228 Å². The van der Waals surface area contributed by atoms with Gasteiger partial charge in [-0.15, -0.1) is 0 Å². The topological polar surface area (TPSA) is 141 Å². The van der Waals surface area contributed by atoms with Crippen LogP contribution in [0.5, 0.6) is 17.4 Å². The number of carbonyl (C=O) groups is 3. The monoisotopic (exact) mass is 548 g/mol. The molecule has 11 nitrogen and oxygen atoms in total. The van der Waals surface area contributed by atoms with E-state index < -0.39 is 28.5 Å². The second-order valence-electron chi connectivity index (χ2n) is 8.49. The Morgan fingerprint density at radius 2 is 1.92 bits per heavy atom. The Bertz CT molecular complexity index is 1490. The number of aromatic nitrogens is 1. The number of anilines is 1. The molecule has 0 unspecified atom stereocenters. The fourth-order valence-electron chi connectivity index (χ4n) is 3.70. The zero-order valence-corrected chi connectivity index (χ0v) is 22.1. The maximum atomic E-state index is 12.9. The summed E-state index contributed by atoms with van der Waals surface area (Å²) in [4.78, 5) is 53.3. The Morgan fingerprint density at radius 1 is 1.13 bits per heavy atom. The van der Waals surface area contributed by atoms with E-state index in [-0.39, 0.29) is 16.5 Å². The Morgan fingerprint density at radius 3 is 2.59 bits per heavy atom. The highest BCUT2D eigenvalue weighted by atomic mass is 32.2. The lowest BCUT2D eigenvalue weighted by atomic mass is 10.1. The van der Waals surface area contributed by atoms with Gasteiger partial charge in [-0.3, -0.25) is 29.4 Å². The Kier molecular flexibility index (Phi) is 8.25. The van der Waals surface area contributed by atoms with E-state index in [1.54, 1.807) is 31.2 Å². The van der Waals surface area contributed by atoms with Crippen LogP contribution in [0.2, 0.25) is 0 Å². The molecular formula is C27H24N4O7S. The van der Waals surface area contributed by atoms with Crippen LogP contribution in [0.3, 0.4) is 0 Å². The smallest absolute Gasteiger partial charge is 0.294 e. The number of hydrogen-bond donors (Lipinski definition) is 1. The first-order valence-electron chi connectivity index (χ1n) is 11.8. The molecule has 0 radical (unpaired) electrons. The third-order valence-electron chi connectivity index (χ3n) is 5.54. The fourth-order valence-corrected chi connectivity index (χ4v) is 4.53. The number of benzene rings is 2. The molecule has 3 amide bonds. The van der Waals surface area contributed by atoms with E-state index in [1.165, 1.54) is 18.2 Å². The number of nitrogens with zero attached hydrogens (tertiary/aromatic N) is 3. The average Bonchev–Trinajstić information content (AvgIpc) is 3.15. The number of rotatable bonds is 9. The predicted molar refractivity (Wildman–Crippen MR) is 146 cm³/mol. The van der Waals surface area contributed by atoms with Gasteiger partial charge in [0.2, 0.25) is 11.8 Å². The molecule has 1 aliphatic rings. The summed E-state index contributed by atoms with van der Waals surface area (Å²) >= 11 is 0.741. The molecule has 0 aliphatic carbocycles. The molecular weight excluding hydrogens is 524 g/mol. The molecule has 12 heteroatoms. The molecule has 2 aromatic carbocycles. The number of thioether (sulfide) groups is 1. The second-order valence-corrected chi connectivity index (χ2v) is 9.48. The van der Waals surface area contributed by atoms with Crippen LogP contribution in [0.15, 0.2) is 59.6 Å². The van der Waals surface area contributed by atoms with Crippen molar-refractivity contribution in [2.24, 2.45) is 0 Å². The highest BCUT2D eigenvalue weighted by Crippen LogP contribution is 2.36. The molecule has 200 valence electrons. The maximum absolute atomic E-state index is 12.9. The van der Waals surface area contributed by atoms with E-state index in [1.807, 2.05) is 26.0 Å². The Hall–Kier alpha value is -4.71. The lowest BCUT2D eigenvalue weighted by molar-refractivity contribution is -0.385. The highest BCUT2D eigenvalue weighted by Gasteiger charge is 2.36.